The maximum Gasteiger partial charge on any atom is 0.241 e. The van der Waals surface area contributed by atoms with Gasteiger partial charge in [-0.1, -0.05) is 23.7 Å². The van der Waals surface area contributed by atoms with Crippen LogP contribution in [-0.4, -0.2) is 42.1 Å². The maximum atomic E-state index is 12.4. The molecule has 7 heteroatoms. The minimum Gasteiger partial charge on any atom is -0.325 e. The van der Waals surface area contributed by atoms with Crippen molar-refractivity contribution in [2.45, 2.75) is 19.9 Å². The molecule has 2 aromatic carbocycles. The number of Topliss-reactive ketones (excluding diaryl/α,β-unsaturated/α-hetero) is 1. The van der Waals surface area contributed by atoms with Crippen molar-refractivity contribution < 1.29 is 14.4 Å². The highest BCUT2D eigenvalue weighted by atomic mass is 35.5. The Hall–Kier alpha value is -2.70. The summed E-state index contributed by atoms with van der Waals surface area (Å²) in [6.45, 7) is 3.22. The molecular weight excluding hydrogens is 366 g/mol. The van der Waals surface area contributed by atoms with Crippen molar-refractivity contribution in [3.63, 3.8) is 0 Å². The molecule has 27 heavy (non-hydrogen) atoms. The van der Waals surface area contributed by atoms with Crippen LogP contribution in [0.2, 0.25) is 5.02 Å². The smallest absolute Gasteiger partial charge is 0.241 e. The quantitative estimate of drug-likeness (QED) is 0.713. The number of benzene rings is 2. The molecule has 0 aliphatic carbocycles. The molecule has 6 nitrogen and oxygen atoms in total. The van der Waals surface area contributed by atoms with Crippen molar-refractivity contribution in [2.75, 3.05) is 24.2 Å². The molecule has 1 atom stereocenters. The van der Waals surface area contributed by atoms with Gasteiger partial charge in [0.15, 0.2) is 5.78 Å². The summed E-state index contributed by atoms with van der Waals surface area (Å²) >= 11 is 5.82. The Morgan fingerprint density at radius 1 is 1.04 bits per heavy atom. The molecule has 0 aromatic heterocycles. The van der Waals surface area contributed by atoms with Gasteiger partial charge in [-0.25, -0.2) is 0 Å². The second-order valence-corrected chi connectivity index (χ2v) is 6.71. The zero-order valence-electron chi connectivity index (χ0n) is 15.5. The molecule has 2 rings (SSSR count). The molecule has 0 spiro atoms. The van der Waals surface area contributed by atoms with Crippen molar-refractivity contribution in [2.24, 2.45) is 0 Å². The number of ketones is 1. The van der Waals surface area contributed by atoms with Crippen LogP contribution in [0.15, 0.2) is 48.5 Å². The number of amides is 2. The van der Waals surface area contributed by atoms with E-state index in [0.29, 0.717) is 22.0 Å². The van der Waals surface area contributed by atoms with E-state index in [9.17, 15) is 14.4 Å². The molecule has 0 saturated heterocycles. The molecule has 2 amide bonds. The molecule has 2 aromatic rings. The number of hydrogen-bond donors (Lipinski definition) is 2. The third kappa shape index (κ3) is 6.20. The van der Waals surface area contributed by atoms with E-state index in [0.717, 1.165) is 0 Å². The molecule has 0 fully saturated rings. The molecule has 0 saturated carbocycles. The standard InChI is InChI=1S/C20H22ClN3O3/c1-13(20(27)23-18-6-4-5-15(11-18)14(2)25)24(3)12-19(26)22-17-9-7-16(21)8-10-17/h4-11,13H,12H2,1-3H3,(H,22,26)(H,23,27)/t13-/m0/s1. The lowest BCUT2D eigenvalue weighted by atomic mass is 10.1. The van der Waals surface area contributed by atoms with Crippen LogP contribution in [0.3, 0.4) is 0 Å². The number of carbonyl (C=O) groups is 3. The summed E-state index contributed by atoms with van der Waals surface area (Å²) in [4.78, 5) is 37.7. The molecule has 0 radical (unpaired) electrons. The number of likely N-dealkylation sites (N-methyl/N-ethyl adjacent to an activating group) is 1. The third-order valence-electron chi connectivity index (χ3n) is 4.10. The summed E-state index contributed by atoms with van der Waals surface area (Å²) < 4.78 is 0. The maximum absolute atomic E-state index is 12.4. The highest BCUT2D eigenvalue weighted by molar-refractivity contribution is 6.30. The SMILES string of the molecule is CC(=O)c1cccc(NC(=O)[C@H](C)N(C)CC(=O)Nc2ccc(Cl)cc2)c1. The van der Waals surface area contributed by atoms with Crippen molar-refractivity contribution in [1.82, 2.24) is 4.90 Å². The summed E-state index contributed by atoms with van der Waals surface area (Å²) in [5.74, 6) is -0.578. The van der Waals surface area contributed by atoms with E-state index >= 15 is 0 Å². The fourth-order valence-electron chi connectivity index (χ4n) is 2.36. The second kappa shape index (κ2) is 9.30. The van der Waals surface area contributed by atoms with Crippen molar-refractivity contribution in [1.29, 1.82) is 0 Å². The summed E-state index contributed by atoms with van der Waals surface area (Å²) in [6, 6.07) is 13.0. The molecule has 0 aliphatic rings. The highest BCUT2D eigenvalue weighted by Gasteiger charge is 2.20. The summed E-state index contributed by atoms with van der Waals surface area (Å²) in [5.41, 5.74) is 1.70. The predicted octanol–water partition coefficient (Wildman–Crippen LogP) is 3.44. The summed E-state index contributed by atoms with van der Waals surface area (Å²) in [5, 5.41) is 6.11. The Kier molecular flexibility index (Phi) is 7.10. The Labute approximate surface area is 163 Å². The molecular formula is C20H22ClN3O3. The Balaban J connectivity index is 1.91. The van der Waals surface area contributed by atoms with E-state index in [4.69, 9.17) is 11.6 Å². The van der Waals surface area contributed by atoms with Gasteiger partial charge >= 0.3 is 0 Å². The molecule has 0 unspecified atom stereocenters. The largest absolute Gasteiger partial charge is 0.325 e. The number of rotatable bonds is 7. The van der Waals surface area contributed by atoms with Crippen molar-refractivity contribution in [3.05, 3.63) is 59.1 Å². The molecule has 0 heterocycles. The van der Waals surface area contributed by atoms with Gasteiger partial charge in [0.25, 0.3) is 0 Å². The average Bonchev–Trinajstić information content (AvgIpc) is 2.63. The minimum atomic E-state index is -0.540. The number of carbonyl (C=O) groups excluding carboxylic acids is 3. The topological polar surface area (TPSA) is 78.5 Å². The first-order chi connectivity index (χ1) is 12.8. The van der Waals surface area contributed by atoms with Crippen molar-refractivity contribution in [3.8, 4) is 0 Å². The zero-order chi connectivity index (χ0) is 20.0. The van der Waals surface area contributed by atoms with Crippen LogP contribution in [0.5, 0.6) is 0 Å². The monoisotopic (exact) mass is 387 g/mol. The summed E-state index contributed by atoms with van der Waals surface area (Å²) in [6.07, 6.45) is 0. The number of halogens is 1. The van der Waals surface area contributed by atoms with Gasteiger partial charge in [0.1, 0.15) is 0 Å². The highest BCUT2D eigenvalue weighted by Crippen LogP contribution is 2.14. The van der Waals surface area contributed by atoms with Gasteiger partial charge in [0, 0.05) is 22.0 Å². The molecule has 0 aliphatic heterocycles. The van der Waals surface area contributed by atoms with Crippen LogP contribution in [-0.2, 0) is 9.59 Å². The van der Waals surface area contributed by atoms with E-state index in [1.807, 2.05) is 0 Å². The fourth-order valence-corrected chi connectivity index (χ4v) is 2.49. The first-order valence-electron chi connectivity index (χ1n) is 8.44. The van der Waals surface area contributed by atoms with E-state index < -0.39 is 6.04 Å². The van der Waals surface area contributed by atoms with Crippen LogP contribution in [0, 0.1) is 0 Å². The number of nitrogens with one attached hydrogen (secondary N) is 2. The first-order valence-corrected chi connectivity index (χ1v) is 8.81. The van der Waals surface area contributed by atoms with E-state index in [1.165, 1.54) is 6.92 Å². The van der Waals surface area contributed by atoms with E-state index in [-0.39, 0.29) is 24.1 Å². The van der Waals surface area contributed by atoms with Gasteiger partial charge in [-0.15, -0.1) is 0 Å². The van der Waals surface area contributed by atoms with Gasteiger partial charge < -0.3 is 10.6 Å². The van der Waals surface area contributed by atoms with Crippen LogP contribution in [0.1, 0.15) is 24.2 Å². The van der Waals surface area contributed by atoms with Crippen LogP contribution < -0.4 is 10.6 Å². The zero-order valence-corrected chi connectivity index (χ0v) is 16.2. The predicted molar refractivity (Wildman–Crippen MR) is 107 cm³/mol. The van der Waals surface area contributed by atoms with Crippen LogP contribution >= 0.6 is 11.6 Å². The number of nitrogens with zero attached hydrogens (tertiary/aromatic N) is 1. The molecule has 142 valence electrons. The Morgan fingerprint density at radius 2 is 1.70 bits per heavy atom. The van der Waals surface area contributed by atoms with Gasteiger partial charge in [0.2, 0.25) is 11.8 Å². The van der Waals surface area contributed by atoms with Gasteiger partial charge in [0.05, 0.1) is 12.6 Å². The lowest BCUT2D eigenvalue weighted by Gasteiger charge is -2.23. The minimum absolute atomic E-state index is 0.0463. The first kappa shape index (κ1) is 20.6. The lowest BCUT2D eigenvalue weighted by molar-refractivity contribution is -0.122. The lowest BCUT2D eigenvalue weighted by Crippen LogP contribution is -2.43. The Morgan fingerprint density at radius 3 is 2.33 bits per heavy atom. The number of hydrogen-bond acceptors (Lipinski definition) is 4. The van der Waals surface area contributed by atoms with Crippen LogP contribution in [0.25, 0.3) is 0 Å². The van der Waals surface area contributed by atoms with E-state index in [2.05, 4.69) is 10.6 Å². The van der Waals surface area contributed by atoms with Crippen LogP contribution in [0.4, 0.5) is 11.4 Å². The Bertz CT molecular complexity index is 837. The van der Waals surface area contributed by atoms with Gasteiger partial charge in [-0.2, -0.15) is 0 Å². The average molecular weight is 388 g/mol. The third-order valence-corrected chi connectivity index (χ3v) is 4.35. The van der Waals surface area contributed by atoms with Crippen molar-refractivity contribution >= 4 is 40.6 Å². The molecule has 0 bridgehead atoms. The summed E-state index contributed by atoms with van der Waals surface area (Å²) in [7, 11) is 1.69. The fraction of sp³-hybridized carbons (Fsp3) is 0.250. The second-order valence-electron chi connectivity index (χ2n) is 6.27. The molecule has 2 N–H and O–H groups in total. The van der Waals surface area contributed by atoms with E-state index in [1.54, 1.807) is 67.4 Å². The van der Waals surface area contributed by atoms with Gasteiger partial charge in [-0.3, -0.25) is 19.3 Å². The normalized spacial score (nSPS) is 11.7. The number of anilines is 2. The van der Waals surface area contributed by atoms with Gasteiger partial charge in [-0.05, 0) is 57.3 Å².